The molecule has 20 heavy (non-hydrogen) atoms. The Balaban J connectivity index is 2.13. The van der Waals surface area contributed by atoms with Crippen molar-refractivity contribution in [3.8, 4) is 6.07 Å². The Bertz CT molecular complexity index is 734. The maximum atomic E-state index is 9.10. The smallest absolute Gasteiger partial charge is 0.178 e. The number of rotatable bonds is 1. The van der Waals surface area contributed by atoms with Gasteiger partial charge in [-0.1, -0.05) is 13.8 Å². The third-order valence-corrected chi connectivity index (χ3v) is 4.86. The lowest BCUT2D eigenvalue weighted by atomic mass is 9.79. The van der Waals surface area contributed by atoms with Crippen LogP contribution >= 0.6 is 12.2 Å². The molecular formula is C16H19N3S. The van der Waals surface area contributed by atoms with Crippen molar-refractivity contribution in [1.82, 2.24) is 9.55 Å². The molecular weight excluding hydrogens is 266 g/mol. The zero-order valence-corrected chi connectivity index (χ0v) is 12.7. The van der Waals surface area contributed by atoms with Crippen molar-refractivity contribution in [2.24, 2.45) is 11.8 Å². The second-order valence-corrected chi connectivity index (χ2v) is 6.49. The molecule has 3 nitrogen and oxygen atoms in total. The average molecular weight is 285 g/mol. The van der Waals surface area contributed by atoms with Gasteiger partial charge in [0, 0.05) is 6.04 Å². The molecule has 3 atom stereocenters. The fraction of sp³-hybridized carbons (Fsp3) is 0.500. The van der Waals surface area contributed by atoms with Crippen LogP contribution in [0.15, 0.2) is 18.2 Å². The van der Waals surface area contributed by atoms with Crippen LogP contribution in [-0.2, 0) is 0 Å². The molecule has 3 unspecified atom stereocenters. The van der Waals surface area contributed by atoms with Gasteiger partial charge in [-0.3, -0.25) is 0 Å². The third kappa shape index (κ3) is 2.16. The highest BCUT2D eigenvalue weighted by Gasteiger charge is 2.28. The predicted octanol–water partition coefficient (Wildman–Crippen LogP) is 4.57. The Labute approximate surface area is 124 Å². The molecule has 0 radical (unpaired) electrons. The van der Waals surface area contributed by atoms with E-state index in [1.807, 2.05) is 18.2 Å². The van der Waals surface area contributed by atoms with Crippen LogP contribution < -0.4 is 0 Å². The number of hydrogen-bond donors (Lipinski definition) is 1. The highest BCUT2D eigenvalue weighted by molar-refractivity contribution is 7.71. The van der Waals surface area contributed by atoms with E-state index in [9.17, 15) is 0 Å². The number of H-pyrrole nitrogens is 1. The van der Waals surface area contributed by atoms with Crippen LogP contribution in [0.25, 0.3) is 11.0 Å². The fourth-order valence-corrected chi connectivity index (χ4v) is 3.90. The van der Waals surface area contributed by atoms with Gasteiger partial charge < -0.3 is 9.55 Å². The molecule has 1 aromatic carbocycles. The molecule has 0 saturated heterocycles. The zero-order chi connectivity index (χ0) is 14.3. The molecule has 0 aliphatic heterocycles. The quantitative estimate of drug-likeness (QED) is 0.780. The van der Waals surface area contributed by atoms with Crippen LogP contribution in [0.2, 0.25) is 0 Å². The van der Waals surface area contributed by atoms with Gasteiger partial charge in [0.2, 0.25) is 0 Å². The number of nitriles is 1. The second-order valence-electron chi connectivity index (χ2n) is 6.11. The van der Waals surface area contributed by atoms with E-state index in [2.05, 4.69) is 29.5 Å². The number of nitrogens with zero attached hydrogens (tertiary/aromatic N) is 2. The highest BCUT2D eigenvalue weighted by atomic mass is 32.1. The molecule has 2 aromatic rings. The van der Waals surface area contributed by atoms with E-state index in [-0.39, 0.29) is 0 Å². The number of aromatic nitrogens is 2. The van der Waals surface area contributed by atoms with Gasteiger partial charge in [-0.15, -0.1) is 0 Å². The van der Waals surface area contributed by atoms with E-state index < -0.39 is 0 Å². The van der Waals surface area contributed by atoms with Crippen LogP contribution in [0, 0.1) is 27.9 Å². The summed E-state index contributed by atoms with van der Waals surface area (Å²) in [5, 5.41) is 9.10. The number of nitrogens with one attached hydrogen (secondary N) is 1. The lowest BCUT2D eigenvalue weighted by Crippen LogP contribution is -2.24. The van der Waals surface area contributed by atoms with Gasteiger partial charge in [0.15, 0.2) is 4.77 Å². The molecule has 1 N–H and O–H groups in total. The van der Waals surface area contributed by atoms with Crippen molar-refractivity contribution >= 4 is 23.3 Å². The van der Waals surface area contributed by atoms with Crippen molar-refractivity contribution in [1.29, 1.82) is 5.26 Å². The van der Waals surface area contributed by atoms with E-state index >= 15 is 0 Å². The lowest BCUT2D eigenvalue weighted by Gasteiger charge is -2.33. The Kier molecular flexibility index (Phi) is 3.39. The highest BCUT2D eigenvalue weighted by Crippen LogP contribution is 2.38. The SMILES string of the molecule is CC1CCC(n2c(=S)[nH]c3ccc(C#N)cc32)C(C)C1. The van der Waals surface area contributed by atoms with Gasteiger partial charge in [-0.25, -0.2) is 0 Å². The van der Waals surface area contributed by atoms with Gasteiger partial charge >= 0.3 is 0 Å². The summed E-state index contributed by atoms with van der Waals surface area (Å²) in [5.74, 6) is 1.42. The number of fused-ring (bicyclic) bond motifs is 1. The Hall–Kier alpha value is -1.60. The van der Waals surface area contributed by atoms with Gasteiger partial charge in [-0.05, 0) is 61.5 Å². The molecule has 1 saturated carbocycles. The molecule has 0 amide bonds. The Morgan fingerprint density at radius 3 is 2.85 bits per heavy atom. The molecule has 1 aliphatic carbocycles. The topological polar surface area (TPSA) is 44.5 Å². The first-order chi connectivity index (χ1) is 9.60. The van der Waals surface area contributed by atoms with Crippen molar-refractivity contribution in [2.45, 2.75) is 39.2 Å². The summed E-state index contributed by atoms with van der Waals surface area (Å²) >= 11 is 5.52. The lowest BCUT2D eigenvalue weighted by molar-refractivity contribution is 0.210. The molecule has 1 fully saturated rings. The third-order valence-electron chi connectivity index (χ3n) is 4.56. The summed E-state index contributed by atoms with van der Waals surface area (Å²) in [6.45, 7) is 4.64. The molecule has 1 heterocycles. The van der Waals surface area contributed by atoms with Crippen molar-refractivity contribution in [3.63, 3.8) is 0 Å². The minimum atomic E-state index is 0.446. The zero-order valence-electron chi connectivity index (χ0n) is 11.9. The summed E-state index contributed by atoms with van der Waals surface area (Å²) in [6.07, 6.45) is 3.67. The summed E-state index contributed by atoms with van der Waals surface area (Å²) in [7, 11) is 0. The first kappa shape index (κ1) is 13.4. The summed E-state index contributed by atoms with van der Waals surface area (Å²) in [5.41, 5.74) is 2.79. The molecule has 1 aliphatic rings. The maximum absolute atomic E-state index is 9.10. The second kappa shape index (κ2) is 5.06. The van der Waals surface area contributed by atoms with Crippen LogP contribution in [0.3, 0.4) is 0 Å². The Morgan fingerprint density at radius 2 is 2.15 bits per heavy atom. The van der Waals surface area contributed by atoms with Crippen molar-refractivity contribution in [3.05, 3.63) is 28.5 Å². The number of imidazole rings is 1. The minimum Gasteiger partial charge on any atom is -0.331 e. The standard InChI is InChI=1S/C16H19N3S/c1-10-3-6-14(11(2)7-10)19-15-8-12(9-17)4-5-13(15)18-16(19)20/h4-5,8,10-11,14H,3,6-7H2,1-2H3,(H,18,20). The normalized spacial score (nSPS) is 26.6. The average Bonchev–Trinajstić information content (AvgIpc) is 2.74. The van der Waals surface area contributed by atoms with Gasteiger partial charge in [0.25, 0.3) is 0 Å². The van der Waals surface area contributed by atoms with E-state index in [0.29, 0.717) is 17.5 Å². The largest absolute Gasteiger partial charge is 0.331 e. The van der Waals surface area contributed by atoms with Gasteiger partial charge in [-0.2, -0.15) is 5.26 Å². The maximum Gasteiger partial charge on any atom is 0.178 e. The molecule has 3 rings (SSSR count). The van der Waals surface area contributed by atoms with E-state index in [1.54, 1.807) is 0 Å². The van der Waals surface area contributed by atoms with Crippen molar-refractivity contribution < 1.29 is 0 Å². The monoisotopic (exact) mass is 285 g/mol. The molecule has 1 aromatic heterocycles. The fourth-order valence-electron chi connectivity index (χ4n) is 3.55. The first-order valence-corrected chi connectivity index (χ1v) is 7.65. The van der Waals surface area contributed by atoms with Crippen molar-refractivity contribution in [2.75, 3.05) is 0 Å². The summed E-state index contributed by atoms with van der Waals surface area (Å²) < 4.78 is 3.02. The van der Waals surface area contributed by atoms with Crippen LogP contribution in [0.5, 0.6) is 0 Å². The van der Waals surface area contributed by atoms with Gasteiger partial charge in [0.1, 0.15) is 0 Å². The van der Waals surface area contributed by atoms with Crippen LogP contribution in [0.4, 0.5) is 0 Å². The first-order valence-electron chi connectivity index (χ1n) is 7.24. The minimum absolute atomic E-state index is 0.446. The van der Waals surface area contributed by atoms with Crippen LogP contribution in [-0.4, -0.2) is 9.55 Å². The molecule has 0 bridgehead atoms. The number of aromatic amines is 1. The number of hydrogen-bond acceptors (Lipinski definition) is 2. The van der Waals surface area contributed by atoms with Gasteiger partial charge in [0.05, 0.1) is 22.7 Å². The summed E-state index contributed by atoms with van der Waals surface area (Å²) in [4.78, 5) is 3.28. The molecule has 104 valence electrons. The predicted molar refractivity (Wildman–Crippen MR) is 83.1 cm³/mol. The summed E-state index contributed by atoms with van der Waals surface area (Å²) in [6, 6.07) is 8.40. The van der Waals surface area contributed by atoms with Crippen LogP contribution in [0.1, 0.15) is 44.7 Å². The molecule has 4 heteroatoms. The van der Waals surface area contributed by atoms with E-state index in [4.69, 9.17) is 17.5 Å². The number of benzene rings is 1. The van der Waals surface area contributed by atoms with E-state index in [0.717, 1.165) is 21.7 Å². The molecule has 0 spiro atoms. The Morgan fingerprint density at radius 1 is 1.35 bits per heavy atom. The van der Waals surface area contributed by atoms with E-state index in [1.165, 1.54) is 19.3 Å².